The van der Waals surface area contributed by atoms with Crippen LogP contribution in [0.25, 0.3) is 0 Å². The molecule has 3 aromatic rings. The van der Waals surface area contributed by atoms with E-state index >= 15 is 0 Å². The molecule has 0 aliphatic rings. The first-order chi connectivity index (χ1) is 12.4. The Kier molecular flexibility index (Phi) is 5.35. The van der Waals surface area contributed by atoms with E-state index in [4.69, 9.17) is 11.6 Å². The summed E-state index contributed by atoms with van der Waals surface area (Å²) in [5.41, 5.74) is 2.69. The Bertz CT molecular complexity index is 984. The van der Waals surface area contributed by atoms with E-state index in [2.05, 4.69) is 15.6 Å². The highest BCUT2D eigenvalue weighted by Crippen LogP contribution is 2.25. The first kappa shape index (κ1) is 18.1. The van der Waals surface area contributed by atoms with Gasteiger partial charge in [-0.05, 0) is 44.2 Å². The molecule has 0 unspecified atom stereocenters. The van der Waals surface area contributed by atoms with Gasteiger partial charge in [0.15, 0.2) is 5.13 Å². The number of carbonyl (C=O) groups excluding carboxylic acids is 2. The summed E-state index contributed by atoms with van der Waals surface area (Å²) in [6.07, 6.45) is 0. The zero-order valence-corrected chi connectivity index (χ0v) is 15.7. The smallest absolute Gasteiger partial charge is 0.267 e. The van der Waals surface area contributed by atoms with Crippen LogP contribution in [-0.4, -0.2) is 16.8 Å². The average Bonchev–Trinajstić information content (AvgIpc) is 2.95. The number of benzene rings is 2. The number of amides is 2. The maximum absolute atomic E-state index is 12.5. The Hall–Kier alpha value is -2.70. The minimum Gasteiger partial charge on any atom is -0.321 e. The fraction of sp³-hybridized carbons (Fsp3) is 0.105. The van der Waals surface area contributed by atoms with Crippen LogP contribution in [0.15, 0.2) is 48.5 Å². The van der Waals surface area contributed by atoms with Crippen LogP contribution in [0.2, 0.25) is 5.02 Å². The molecule has 2 aromatic carbocycles. The molecule has 0 fully saturated rings. The molecule has 0 saturated carbocycles. The molecule has 0 saturated heterocycles. The van der Waals surface area contributed by atoms with E-state index < -0.39 is 0 Å². The molecule has 0 radical (unpaired) electrons. The fourth-order valence-electron chi connectivity index (χ4n) is 2.37. The minimum atomic E-state index is -0.293. The van der Waals surface area contributed by atoms with Crippen LogP contribution in [0.4, 0.5) is 10.8 Å². The van der Waals surface area contributed by atoms with Crippen molar-refractivity contribution in [1.82, 2.24) is 4.98 Å². The van der Waals surface area contributed by atoms with E-state index in [0.717, 1.165) is 16.9 Å². The molecule has 26 heavy (non-hydrogen) atoms. The predicted molar refractivity (Wildman–Crippen MR) is 105 cm³/mol. The normalized spacial score (nSPS) is 10.4. The molecule has 0 atom stereocenters. The van der Waals surface area contributed by atoms with Crippen molar-refractivity contribution < 1.29 is 9.59 Å². The molecule has 0 aliphatic carbocycles. The van der Waals surface area contributed by atoms with Gasteiger partial charge in [-0.3, -0.25) is 14.9 Å². The SMILES string of the molecule is Cc1cccc(C(=O)Nc2nc(C)c(C(=O)Nc3cccc(Cl)c3)s2)c1. The van der Waals surface area contributed by atoms with Crippen molar-refractivity contribution in [2.75, 3.05) is 10.6 Å². The molecule has 1 aromatic heterocycles. The van der Waals surface area contributed by atoms with Gasteiger partial charge < -0.3 is 5.32 Å². The maximum Gasteiger partial charge on any atom is 0.267 e. The summed E-state index contributed by atoms with van der Waals surface area (Å²) in [7, 11) is 0. The van der Waals surface area contributed by atoms with Crippen molar-refractivity contribution in [2.24, 2.45) is 0 Å². The van der Waals surface area contributed by atoms with E-state index in [-0.39, 0.29) is 11.8 Å². The molecular weight excluding hydrogens is 370 g/mol. The van der Waals surface area contributed by atoms with Crippen LogP contribution in [0.5, 0.6) is 0 Å². The summed E-state index contributed by atoms with van der Waals surface area (Å²) in [6.45, 7) is 3.65. The quantitative estimate of drug-likeness (QED) is 0.669. The summed E-state index contributed by atoms with van der Waals surface area (Å²) in [5.74, 6) is -0.553. The van der Waals surface area contributed by atoms with Gasteiger partial charge in [-0.2, -0.15) is 0 Å². The number of thiazole rings is 1. The number of rotatable bonds is 4. The summed E-state index contributed by atoms with van der Waals surface area (Å²) in [5, 5.41) is 6.44. The van der Waals surface area contributed by atoms with Gasteiger partial charge in [0.25, 0.3) is 11.8 Å². The Labute approximate surface area is 160 Å². The van der Waals surface area contributed by atoms with Crippen LogP contribution < -0.4 is 10.6 Å². The first-order valence-electron chi connectivity index (χ1n) is 7.85. The predicted octanol–water partition coefficient (Wildman–Crippen LogP) is 4.92. The monoisotopic (exact) mass is 385 g/mol. The Balaban J connectivity index is 1.74. The lowest BCUT2D eigenvalue weighted by Gasteiger charge is -2.04. The Morgan fingerprint density at radius 1 is 1.00 bits per heavy atom. The molecule has 2 N–H and O–H groups in total. The lowest BCUT2D eigenvalue weighted by Crippen LogP contribution is -2.11. The van der Waals surface area contributed by atoms with Crippen molar-refractivity contribution in [3.63, 3.8) is 0 Å². The molecule has 7 heteroatoms. The number of carbonyl (C=O) groups is 2. The molecule has 2 amide bonds. The first-order valence-corrected chi connectivity index (χ1v) is 9.04. The van der Waals surface area contributed by atoms with Gasteiger partial charge in [0.1, 0.15) is 4.88 Å². The van der Waals surface area contributed by atoms with Crippen molar-refractivity contribution in [3.05, 3.63) is 75.3 Å². The van der Waals surface area contributed by atoms with E-state index in [1.807, 2.05) is 19.1 Å². The number of halogens is 1. The second kappa shape index (κ2) is 7.68. The summed E-state index contributed by atoms with van der Waals surface area (Å²) in [6, 6.07) is 14.2. The van der Waals surface area contributed by atoms with Crippen LogP contribution in [0.1, 0.15) is 31.3 Å². The summed E-state index contributed by atoms with van der Waals surface area (Å²) in [4.78, 5) is 29.5. The van der Waals surface area contributed by atoms with Crippen molar-refractivity contribution in [1.29, 1.82) is 0 Å². The van der Waals surface area contributed by atoms with Crippen molar-refractivity contribution >= 4 is 45.6 Å². The van der Waals surface area contributed by atoms with Gasteiger partial charge in [-0.15, -0.1) is 0 Å². The third-order valence-electron chi connectivity index (χ3n) is 3.59. The number of anilines is 2. The van der Waals surface area contributed by atoms with Crippen LogP contribution >= 0.6 is 22.9 Å². The highest BCUT2D eigenvalue weighted by Gasteiger charge is 2.17. The highest BCUT2D eigenvalue weighted by atomic mass is 35.5. The summed E-state index contributed by atoms with van der Waals surface area (Å²) < 4.78 is 0. The lowest BCUT2D eigenvalue weighted by atomic mass is 10.1. The third-order valence-corrected chi connectivity index (χ3v) is 4.89. The second-order valence-electron chi connectivity index (χ2n) is 5.72. The van der Waals surface area contributed by atoms with Crippen LogP contribution in [0, 0.1) is 13.8 Å². The van der Waals surface area contributed by atoms with Gasteiger partial charge in [-0.25, -0.2) is 4.98 Å². The van der Waals surface area contributed by atoms with E-state index in [9.17, 15) is 9.59 Å². The zero-order valence-electron chi connectivity index (χ0n) is 14.2. The molecule has 1 heterocycles. The second-order valence-corrected chi connectivity index (χ2v) is 7.16. The van der Waals surface area contributed by atoms with Gasteiger partial charge in [-0.1, -0.05) is 46.7 Å². The highest BCUT2D eigenvalue weighted by molar-refractivity contribution is 7.17. The van der Waals surface area contributed by atoms with E-state index in [0.29, 0.717) is 32.0 Å². The molecule has 3 rings (SSSR count). The standard InChI is InChI=1S/C19H16ClN3O2S/c1-11-5-3-6-13(9-11)17(24)23-19-21-12(2)16(26-19)18(25)22-15-8-4-7-14(20)10-15/h3-10H,1-2H3,(H,22,25)(H,21,23,24). The van der Waals surface area contributed by atoms with Crippen molar-refractivity contribution in [3.8, 4) is 0 Å². The number of hydrogen-bond donors (Lipinski definition) is 2. The maximum atomic E-state index is 12.5. The number of aryl methyl sites for hydroxylation is 2. The fourth-order valence-corrected chi connectivity index (χ4v) is 3.42. The Morgan fingerprint density at radius 3 is 2.50 bits per heavy atom. The average molecular weight is 386 g/mol. The van der Waals surface area contributed by atoms with Gasteiger partial charge >= 0.3 is 0 Å². The number of nitrogens with one attached hydrogen (secondary N) is 2. The zero-order chi connectivity index (χ0) is 18.7. The van der Waals surface area contributed by atoms with Crippen molar-refractivity contribution in [2.45, 2.75) is 13.8 Å². The number of aromatic nitrogens is 1. The number of nitrogens with zero attached hydrogens (tertiary/aromatic N) is 1. The van der Waals surface area contributed by atoms with Gasteiger partial charge in [0.05, 0.1) is 5.69 Å². The van der Waals surface area contributed by atoms with E-state index in [1.165, 1.54) is 0 Å². The van der Waals surface area contributed by atoms with Crippen LogP contribution in [0.3, 0.4) is 0 Å². The molecule has 0 aliphatic heterocycles. The lowest BCUT2D eigenvalue weighted by molar-refractivity contribution is 0.102. The Morgan fingerprint density at radius 2 is 1.77 bits per heavy atom. The topological polar surface area (TPSA) is 71.1 Å². The number of hydrogen-bond acceptors (Lipinski definition) is 4. The molecule has 0 spiro atoms. The third kappa shape index (κ3) is 4.28. The van der Waals surface area contributed by atoms with E-state index in [1.54, 1.807) is 43.3 Å². The van der Waals surface area contributed by atoms with Gasteiger partial charge in [0, 0.05) is 16.3 Å². The molecule has 5 nitrogen and oxygen atoms in total. The largest absolute Gasteiger partial charge is 0.321 e. The van der Waals surface area contributed by atoms with Gasteiger partial charge in [0.2, 0.25) is 0 Å². The molecule has 0 bridgehead atoms. The van der Waals surface area contributed by atoms with Crippen LogP contribution in [-0.2, 0) is 0 Å². The minimum absolute atomic E-state index is 0.260. The molecular formula is C19H16ClN3O2S. The summed E-state index contributed by atoms with van der Waals surface area (Å²) >= 11 is 7.06. The molecule has 132 valence electrons.